The van der Waals surface area contributed by atoms with E-state index in [4.69, 9.17) is 9.40 Å². The fourth-order valence-electron chi connectivity index (χ4n) is 6.19. The van der Waals surface area contributed by atoms with Gasteiger partial charge in [0.2, 0.25) is 0 Å². The lowest BCUT2D eigenvalue weighted by Crippen LogP contribution is -2.00. The van der Waals surface area contributed by atoms with Gasteiger partial charge in [0.25, 0.3) is 0 Å². The van der Waals surface area contributed by atoms with E-state index in [9.17, 15) is 0 Å². The van der Waals surface area contributed by atoms with Gasteiger partial charge in [-0.3, -0.25) is 4.57 Å². The minimum absolute atomic E-state index is 0.841. The molecule has 3 nitrogen and oxygen atoms in total. The van der Waals surface area contributed by atoms with Crippen LogP contribution in [-0.2, 0) is 0 Å². The maximum absolute atomic E-state index is 5.88. The van der Waals surface area contributed by atoms with Gasteiger partial charge in [-0.25, -0.2) is 4.98 Å². The second kappa shape index (κ2) is 11.3. The van der Waals surface area contributed by atoms with Gasteiger partial charge in [-0.2, -0.15) is 0 Å². The van der Waals surface area contributed by atoms with Crippen LogP contribution in [0.25, 0.3) is 72.1 Å². The zero-order valence-electron chi connectivity index (χ0n) is 24.9. The Labute approximate surface area is 262 Å². The van der Waals surface area contributed by atoms with Crippen molar-refractivity contribution in [3.63, 3.8) is 0 Å². The van der Waals surface area contributed by atoms with Crippen LogP contribution < -0.4 is 0 Å². The Morgan fingerprint density at radius 1 is 0.489 bits per heavy atom. The smallest absolute Gasteiger partial charge is 0.138 e. The molecule has 3 aromatic heterocycles. The van der Waals surface area contributed by atoms with E-state index >= 15 is 0 Å². The zero-order chi connectivity index (χ0) is 30.2. The molecule has 45 heavy (non-hydrogen) atoms. The summed E-state index contributed by atoms with van der Waals surface area (Å²) in [5, 5.41) is 3.42. The second-order valence-corrected chi connectivity index (χ2v) is 11.4. The third-order valence-corrected chi connectivity index (χ3v) is 8.38. The number of nitrogens with zero attached hydrogens (tertiary/aromatic N) is 2. The Balaban J connectivity index is 1.36. The molecule has 5 aromatic carbocycles. The molecule has 0 bridgehead atoms. The van der Waals surface area contributed by atoms with Crippen LogP contribution in [0.5, 0.6) is 0 Å². The van der Waals surface area contributed by atoms with Gasteiger partial charge in [0.1, 0.15) is 11.4 Å². The number of fused-ring (bicyclic) bond motifs is 4. The molecule has 0 amide bonds. The van der Waals surface area contributed by atoms with Crippen LogP contribution in [0.2, 0.25) is 0 Å². The van der Waals surface area contributed by atoms with E-state index in [1.807, 2.05) is 24.3 Å². The lowest BCUT2D eigenvalue weighted by Gasteiger charge is -2.13. The van der Waals surface area contributed by atoms with Crippen LogP contribution in [0.1, 0.15) is 5.56 Å². The van der Waals surface area contributed by atoms with Crippen molar-refractivity contribution < 1.29 is 4.42 Å². The van der Waals surface area contributed by atoms with Gasteiger partial charge in [0, 0.05) is 21.7 Å². The molecule has 0 fully saturated rings. The van der Waals surface area contributed by atoms with E-state index in [2.05, 4.69) is 145 Å². The number of para-hydroxylation sites is 2. The largest absolute Gasteiger partial charge is 0.464 e. The van der Waals surface area contributed by atoms with Crippen LogP contribution in [0.3, 0.4) is 0 Å². The molecular formula is C42H30N2O. The lowest BCUT2D eigenvalue weighted by atomic mass is 10.0. The van der Waals surface area contributed by atoms with Crippen molar-refractivity contribution >= 4 is 32.8 Å². The first-order valence-corrected chi connectivity index (χ1v) is 15.2. The van der Waals surface area contributed by atoms with Crippen molar-refractivity contribution in [2.45, 2.75) is 6.92 Å². The summed E-state index contributed by atoms with van der Waals surface area (Å²) in [6.07, 6.45) is 1.74. The highest BCUT2D eigenvalue weighted by molar-refractivity contribution is 6.10. The highest BCUT2D eigenvalue weighted by Gasteiger charge is 2.16. The summed E-state index contributed by atoms with van der Waals surface area (Å²) < 4.78 is 8.18. The highest BCUT2D eigenvalue weighted by Crippen LogP contribution is 2.36. The van der Waals surface area contributed by atoms with Gasteiger partial charge >= 0.3 is 0 Å². The van der Waals surface area contributed by atoms with Crippen molar-refractivity contribution in [2.24, 2.45) is 0 Å². The zero-order valence-corrected chi connectivity index (χ0v) is 24.9. The monoisotopic (exact) mass is 578 g/mol. The first-order chi connectivity index (χ1) is 22.2. The third kappa shape index (κ3) is 5.05. The molecule has 0 atom stereocenters. The molecule has 0 saturated carbocycles. The number of aryl methyl sites for hydroxylation is 1. The van der Waals surface area contributed by atoms with Crippen LogP contribution in [0.4, 0.5) is 0 Å². The van der Waals surface area contributed by atoms with Crippen molar-refractivity contribution in [1.29, 1.82) is 0 Å². The Morgan fingerprint density at radius 2 is 1.22 bits per heavy atom. The molecule has 0 N–H and O–H groups in total. The minimum atomic E-state index is 0.841. The Bertz CT molecular complexity index is 2400. The molecule has 8 aromatic rings. The maximum Gasteiger partial charge on any atom is 0.138 e. The SMILES string of the molecule is Cc1cccc(-c2cc(-c3ccccc3)cc(-n3c4ccccc4c4cc(-c5cccoc6ccccc6cc5)ccc43)n2)c1. The van der Waals surface area contributed by atoms with Crippen molar-refractivity contribution in [3.05, 3.63) is 170 Å². The van der Waals surface area contributed by atoms with E-state index in [0.717, 1.165) is 61.3 Å². The van der Waals surface area contributed by atoms with Crippen LogP contribution in [-0.4, -0.2) is 9.55 Å². The molecule has 0 spiro atoms. The van der Waals surface area contributed by atoms with E-state index < -0.39 is 0 Å². The summed E-state index contributed by atoms with van der Waals surface area (Å²) in [6.45, 7) is 2.12. The van der Waals surface area contributed by atoms with Crippen molar-refractivity contribution in [3.8, 4) is 39.3 Å². The average Bonchev–Trinajstić information content (AvgIpc) is 3.47. The van der Waals surface area contributed by atoms with Gasteiger partial charge in [0.05, 0.1) is 23.0 Å². The summed E-state index contributed by atoms with van der Waals surface area (Å²) in [5.41, 5.74) is 10.9. The summed E-state index contributed by atoms with van der Waals surface area (Å²) in [6, 6.07) is 55.3. The number of rotatable bonds is 4. The fraction of sp³-hybridized carbons (Fsp3) is 0.0238. The number of benzene rings is 5. The first kappa shape index (κ1) is 26.7. The normalized spacial score (nSPS) is 11.2. The van der Waals surface area contributed by atoms with E-state index in [0.29, 0.717) is 0 Å². The third-order valence-electron chi connectivity index (χ3n) is 8.38. The standard InChI is InChI=1S/C42H30N2O/c1-29-11-9-15-34(25-29)38-27-35(30-12-3-2-4-13-30)28-42(43-38)44-39-18-7-6-17-36(39)37-26-33(22-23-40(37)44)31-16-10-24-45-41-19-8-5-14-32(41)21-20-31/h2-28H,1H3. The Kier molecular flexibility index (Phi) is 6.69. The number of hydrogen-bond donors (Lipinski definition) is 0. The van der Waals surface area contributed by atoms with E-state index in [1.165, 1.54) is 16.3 Å². The summed E-state index contributed by atoms with van der Waals surface area (Å²) in [4.78, 5) is 5.30. The predicted octanol–water partition coefficient (Wildman–Crippen LogP) is 11.4. The summed E-state index contributed by atoms with van der Waals surface area (Å²) in [7, 11) is 0. The van der Waals surface area contributed by atoms with Gasteiger partial charge < -0.3 is 4.42 Å². The van der Waals surface area contributed by atoms with Crippen molar-refractivity contribution in [1.82, 2.24) is 9.55 Å². The number of hydrogen-bond acceptors (Lipinski definition) is 2. The fourth-order valence-corrected chi connectivity index (χ4v) is 6.19. The quantitative estimate of drug-likeness (QED) is 0.208. The summed E-state index contributed by atoms with van der Waals surface area (Å²) in [5.74, 6) is 0.894. The average molecular weight is 579 g/mol. The molecule has 0 aliphatic rings. The molecule has 214 valence electrons. The van der Waals surface area contributed by atoms with E-state index in [1.54, 1.807) is 6.26 Å². The summed E-state index contributed by atoms with van der Waals surface area (Å²) >= 11 is 0. The number of aromatic nitrogens is 2. The van der Waals surface area contributed by atoms with Gasteiger partial charge in [-0.15, -0.1) is 0 Å². The van der Waals surface area contributed by atoms with Crippen LogP contribution >= 0.6 is 0 Å². The molecule has 0 unspecified atom stereocenters. The maximum atomic E-state index is 5.88. The molecule has 0 aliphatic carbocycles. The van der Waals surface area contributed by atoms with E-state index in [-0.39, 0.29) is 0 Å². The molecule has 3 heteroatoms. The molecule has 8 rings (SSSR count). The van der Waals surface area contributed by atoms with Gasteiger partial charge in [-0.05, 0) is 77.7 Å². The number of pyridine rings is 1. The van der Waals surface area contributed by atoms with Crippen LogP contribution in [0, 0.1) is 6.92 Å². The lowest BCUT2D eigenvalue weighted by molar-refractivity contribution is 0.606. The molecule has 0 radical (unpaired) electrons. The van der Waals surface area contributed by atoms with Gasteiger partial charge in [0.15, 0.2) is 0 Å². The minimum Gasteiger partial charge on any atom is -0.464 e. The Morgan fingerprint density at radius 3 is 2.13 bits per heavy atom. The van der Waals surface area contributed by atoms with Crippen LogP contribution in [0.15, 0.2) is 168 Å². The van der Waals surface area contributed by atoms with Gasteiger partial charge in [-0.1, -0.05) is 115 Å². The molecular weight excluding hydrogens is 548 g/mol. The molecule has 0 saturated heterocycles. The predicted molar refractivity (Wildman–Crippen MR) is 187 cm³/mol. The highest BCUT2D eigenvalue weighted by atomic mass is 16.3. The van der Waals surface area contributed by atoms with Crippen molar-refractivity contribution in [2.75, 3.05) is 0 Å². The first-order valence-electron chi connectivity index (χ1n) is 15.2. The molecule has 3 heterocycles. The molecule has 0 aliphatic heterocycles. The second-order valence-electron chi connectivity index (χ2n) is 11.4. The Hall–Kier alpha value is -5.93. The topological polar surface area (TPSA) is 31.0 Å².